The second-order valence-electron chi connectivity index (χ2n) is 7.56. The molecule has 4 rings (SSSR count). The van der Waals surface area contributed by atoms with Crippen LogP contribution in [-0.2, 0) is 14.9 Å². The van der Waals surface area contributed by atoms with Crippen LogP contribution in [-0.4, -0.2) is 47.3 Å². The SMILES string of the molecule is Cc1noc(C2CCN(C(=O)C3(c4ccc(Cl)cc4Cl)CCOCC3)CC2)n1. The van der Waals surface area contributed by atoms with Gasteiger partial charge in [-0.1, -0.05) is 34.4 Å². The Morgan fingerprint density at radius 3 is 2.54 bits per heavy atom. The highest BCUT2D eigenvalue weighted by Gasteiger charge is 2.46. The summed E-state index contributed by atoms with van der Waals surface area (Å²) in [5.74, 6) is 1.65. The standard InChI is InChI=1S/C20H23Cl2N3O3/c1-13-23-18(28-24-13)14-4-8-25(9-5-14)19(26)20(6-10-27-11-7-20)16-3-2-15(21)12-17(16)22/h2-3,12,14H,4-11H2,1H3. The van der Waals surface area contributed by atoms with Gasteiger partial charge in [-0.3, -0.25) is 4.79 Å². The number of rotatable bonds is 3. The molecule has 0 bridgehead atoms. The first-order chi connectivity index (χ1) is 13.5. The quantitative estimate of drug-likeness (QED) is 0.741. The number of benzene rings is 1. The van der Waals surface area contributed by atoms with Gasteiger partial charge >= 0.3 is 0 Å². The van der Waals surface area contributed by atoms with Gasteiger partial charge in [-0.2, -0.15) is 4.98 Å². The van der Waals surface area contributed by atoms with E-state index in [9.17, 15) is 4.79 Å². The van der Waals surface area contributed by atoms with E-state index >= 15 is 0 Å². The summed E-state index contributed by atoms with van der Waals surface area (Å²) in [6.45, 7) is 4.23. The lowest BCUT2D eigenvalue weighted by molar-refractivity contribution is -0.142. The summed E-state index contributed by atoms with van der Waals surface area (Å²) in [6, 6.07) is 5.41. The van der Waals surface area contributed by atoms with Gasteiger partial charge in [0.05, 0.1) is 5.41 Å². The number of nitrogens with zero attached hydrogens (tertiary/aromatic N) is 3. The van der Waals surface area contributed by atoms with Crippen LogP contribution in [0.1, 0.15) is 48.9 Å². The molecule has 8 heteroatoms. The second-order valence-corrected chi connectivity index (χ2v) is 8.41. The zero-order chi connectivity index (χ0) is 19.7. The molecule has 0 N–H and O–H groups in total. The van der Waals surface area contributed by atoms with Gasteiger partial charge in [0.25, 0.3) is 0 Å². The number of hydrogen-bond acceptors (Lipinski definition) is 5. The molecule has 2 aromatic rings. The van der Waals surface area contributed by atoms with Crippen LogP contribution < -0.4 is 0 Å². The van der Waals surface area contributed by atoms with Crippen LogP contribution in [0.5, 0.6) is 0 Å². The maximum Gasteiger partial charge on any atom is 0.233 e. The summed E-state index contributed by atoms with van der Waals surface area (Å²) in [4.78, 5) is 20.0. The van der Waals surface area contributed by atoms with Crippen LogP contribution in [0.25, 0.3) is 0 Å². The predicted molar refractivity (Wildman–Crippen MR) is 106 cm³/mol. The van der Waals surface area contributed by atoms with Crippen LogP contribution in [0.3, 0.4) is 0 Å². The molecule has 2 fully saturated rings. The van der Waals surface area contributed by atoms with Crippen LogP contribution in [0.4, 0.5) is 0 Å². The molecular formula is C20H23Cl2N3O3. The average Bonchev–Trinajstić information content (AvgIpc) is 3.14. The smallest absolute Gasteiger partial charge is 0.233 e. The largest absolute Gasteiger partial charge is 0.381 e. The Labute approximate surface area is 174 Å². The van der Waals surface area contributed by atoms with E-state index in [2.05, 4.69) is 10.1 Å². The van der Waals surface area contributed by atoms with Gasteiger partial charge in [-0.25, -0.2) is 0 Å². The molecule has 2 saturated heterocycles. The summed E-state index contributed by atoms with van der Waals surface area (Å²) < 4.78 is 10.9. The van der Waals surface area contributed by atoms with E-state index in [4.69, 9.17) is 32.5 Å². The number of halogens is 2. The van der Waals surface area contributed by atoms with Gasteiger partial charge in [-0.05, 0) is 50.3 Å². The third-order valence-electron chi connectivity index (χ3n) is 5.88. The number of piperidine rings is 1. The topological polar surface area (TPSA) is 68.5 Å². The van der Waals surface area contributed by atoms with Crippen molar-refractivity contribution in [2.24, 2.45) is 0 Å². The predicted octanol–water partition coefficient (Wildman–Crippen LogP) is 4.14. The number of ether oxygens (including phenoxy) is 1. The first kappa shape index (κ1) is 19.7. The van der Waals surface area contributed by atoms with Crippen molar-refractivity contribution in [3.63, 3.8) is 0 Å². The van der Waals surface area contributed by atoms with Crippen LogP contribution in [0.2, 0.25) is 10.0 Å². The van der Waals surface area contributed by atoms with Gasteiger partial charge < -0.3 is 14.2 Å². The van der Waals surface area contributed by atoms with Gasteiger partial charge in [0, 0.05) is 42.3 Å². The zero-order valence-electron chi connectivity index (χ0n) is 15.8. The molecule has 1 amide bonds. The fourth-order valence-corrected chi connectivity index (χ4v) is 4.90. The van der Waals surface area contributed by atoms with Crippen molar-refractivity contribution in [2.45, 2.75) is 43.9 Å². The summed E-state index contributed by atoms with van der Waals surface area (Å²) in [6.07, 6.45) is 2.87. The first-order valence-corrected chi connectivity index (χ1v) is 10.4. The average molecular weight is 424 g/mol. The molecular weight excluding hydrogens is 401 g/mol. The lowest BCUT2D eigenvalue weighted by atomic mass is 9.72. The monoisotopic (exact) mass is 423 g/mol. The van der Waals surface area contributed by atoms with Gasteiger partial charge in [0.2, 0.25) is 11.8 Å². The van der Waals surface area contributed by atoms with Crippen molar-refractivity contribution in [1.29, 1.82) is 0 Å². The molecule has 0 unspecified atom stereocenters. The van der Waals surface area contributed by atoms with E-state index in [1.54, 1.807) is 12.1 Å². The maximum absolute atomic E-state index is 13.7. The van der Waals surface area contributed by atoms with Crippen molar-refractivity contribution in [2.75, 3.05) is 26.3 Å². The number of carbonyl (C=O) groups excluding carboxylic acids is 1. The van der Waals surface area contributed by atoms with Crippen molar-refractivity contribution in [3.8, 4) is 0 Å². The summed E-state index contributed by atoms with van der Waals surface area (Å²) in [7, 11) is 0. The van der Waals surface area contributed by atoms with Crippen molar-refractivity contribution < 1.29 is 14.1 Å². The van der Waals surface area contributed by atoms with Gasteiger partial charge in [0.1, 0.15) is 0 Å². The molecule has 6 nitrogen and oxygen atoms in total. The highest BCUT2D eigenvalue weighted by molar-refractivity contribution is 6.35. The molecule has 0 atom stereocenters. The fraction of sp³-hybridized carbons (Fsp3) is 0.550. The van der Waals surface area contributed by atoms with Crippen LogP contribution in [0.15, 0.2) is 22.7 Å². The maximum atomic E-state index is 13.7. The first-order valence-electron chi connectivity index (χ1n) is 9.62. The van der Waals surface area contributed by atoms with Gasteiger partial charge in [-0.15, -0.1) is 0 Å². The normalized spacial score (nSPS) is 20.3. The minimum Gasteiger partial charge on any atom is -0.381 e. The highest BCUT2D eigenvalue weighted by atomic mass is 35.5. The molecule has 2 aliphatic heterocycles. The van der Waals surface area contributed by atoms with E-state index in [1.807, 2.05) is 17.9 Å². The van der Waals surface area contributed by atoms with Crippen LogP contribution in [0, 0.1) is 6.92 Å². The Morgan fingerprint density at radius 2 is 1.93 bits per heavy atom. The Kier molecular flexibility index (Phi) is 5.63. The number of amides is 1. The highest BCUT2D eigenvalue weighted by Crippen LogP contribution is 2.42. The van der Waals surface area contributed by atoms with E-state index in [0.717, 1.165) is 18.4 Å². The van der Waals surface area contributed by atoms with Crippen molar-refractivity contribution in [1.82, 2.24) is 15.0 Å². The molecule has 3 heterocycles. The molecule has 28 heavy (non-hydrogen) atoms. The van der Waals surface area contributed by atoms with Crippen molar-refractivity contribution >= 4 is 29.1 Å². The number of aryl methyl sites for hydroxylation is 1. The number of likely N-dealkylation sites (tertiary alicyclic amines) is 1. The molecule has 150 valence electrons. The Balaban J connectivity index is 1.55. The van der Waals surface area contributed by atoms with E-state index in [0.29, 0.717) is 60.9 Å². The summed E-state index contributed by atoms with van der Waals surface area (Å²) in [5, 5.41) is 4.99. The van der Waals surface area contributed by atoms with E-state index in [-0.39, 0.29) is 11.8 Å². The minimum atomic E-state index is -0.659. The lowest BCUT2D eigenvalue weighted by Crippen LogP contribution is -2.52. The molecule has 1 aromatic heterocycles. The number of hydrogen-bond donors (Lipinski definition) is 0. The molecule has 1 aromatic carbocycles. The third kappa shape index (κ3) is 3.65. The number of aromatic nitrogens is 2. The number of carbonyl (C=O) groups is 1. The fourth-order valence-electron chi connectivity index (χ4n) is 4.31. The molecule has 0 radical (unpaired) electrons. The molecule has 2 aliphatic rings. The Bertz CT molecular complexity index is 856. The zero-order valence-corrected chi connectivity index (χ0v) is 17.3. The minimum absolute atomic E-state index is 0.125. The van der Waals surface area contributed by atoms with Crippen molar-refractivity contribution in [3.05, 3.63) is 45.5 Å². The van der Waals surface area contributed by atoms with Gasteiger partial charge in [0.15, 0.2) is 5.82 Å². The van der Waals surface area contributed by atoms with E-state index in [1.165, 1.54) is 0 Å². The summed E-state index contributed by atoms with van der Waals surface area (Å²) >= 11 is 12.6. The lowest BCUT2D eigenvalue weighted by Gasteiger charge is -2.42. The molecule has 0 saturated carbocycles. The molecule has 0 aliphatic carbocycles. The molecule has 0 spiro atoms. The third-order valence-corrected chi connectivity index (χ3v) is 6.42. The van der Waals surface area contributed by atoms with E-state index < -0.39 is 5.41 Å². The second kappa shape index (κ2) is 8.01. The Morgan fingerprint density at radius 1 is 1.21 bits per heavy atom. The van der Waals surface area contributed by atoms with Crippen LogP contribution >= 0.6 is 23.2 Å². The summed E-state index contributed by atoms with van der Waals surface area (Å²) in [5.41, 5.74) is 0.190. The Hall–Kier alpha value is -1.63.